The summed E-state index contributed by atoms with van der Waals surface area (Å²) in [5.74, 6) is 1.01. The van der Waals surface area contributed by atoms with E-state index in [9.17, 15) is 9.59 Å². The highest BCUT2D eigenvalue weighted by atomic mass is 16.2. The minimum atomic E-state index is -0.549. The van der Waals surface area contributed by atoms with Crippen LogP contribution in [0.4, 0.5) is 5.95 Å². The highest BCUT2D eigenvalue weighted by Crippen LogP contribution is 2.41. The Balaban J connectivity index is 1.43. The number of carbonyl (C=O) groups excluding carboxylic acids is 2. The lowest BCUT2D eigenvalue weighted by molar-refractivity contribution is -0.127. The maximum absolute atomic E-state index is 13.6. The number of rotatable bonds is 5. The average molecular weight is 417 g/mol. The van der Waals surface area contributed by atoms with Crippen LogP contribution in [0.1, 0.15) is 50.6 Å². The molecule has 6 nitrogen and oxygen atoms in total. The third-order valence-corrected chi connectivity index (χ3v) is 6.74. The second-order valence-electron chi connectivity index (χ2n) is 8.79. The number of fused-ring (bicyclic) bond motifs is 3. The third kappa shape index (κ3) is 3.60. The van der Waals surface area contributed by atoms with Gasteiger partial charge in [0, 0.05) is 12.6 Å². The first kappa shape index (κ1) is 19.8. The Hall–Kier alpha value is -3.15. The van der Waals surface area contributed by atoms with E-state index in [2.05, 4.69) is 12.2 Å². The van der Waals surface area contributed by atoms with Crippen LogP contribution >= 0.6 is 0 Å². The summed E-state index contributed by atoms with van der Waals surface area (Å²) in [6.07, 6.45) is 4.57. The minimum absolute atomic E-state index is 0.00173. The molecule has 0 radical (unpaired) electrons. The number of imidazole rings is 1. The molecule has 5 rings (SSSR count). The molecule has 2 amide bonds. The fourth-order valence-corrected chi connectivity index (χ4v) is 5.09. The van der Waals surface area contributed by atoms with Crippen molar-refractivity contribution in [2.24, 2.45) is 5.92 Å². The van der Waals surface area contributed by atoms with Gasteiger partial charge in [0.25, 0.3) is 5.91 Å². The maximum Gasteiger partial charge on any atom is 0.253 e. The van der Waals surface area contributed by atoms with Crippen molar-refractivity contribution in [1.29, 1.82) is 0 Å². The molecular formula is C25H28N4O2. The Morgan fingerprint density at radius 1 is 1.06 bits per heavy atom. The Morgan fingerprint density at radius 3 is 2.61 bits per heavy atom. The molecule has 160 valence electrons. The number of para-hydroxylation sites is 2. The first-order chi connectivity index (χ1) is 15.1. The van der Waals surface area contributed by atoms with E-state index in [0.29, 0.717) is 18.4 Å². The van der Waals surface area contributed by atoms with Gasteiger partial charge in [0.2, 0.25) is 11.9 Å². The fourth-order valence-electron chi connectivity index (χ4n) is 5.09. The van der Waals surface area contributed by atoms with E-state index in [1.807, 2.05) is 64.1 Å². The summed E-state index contributed by atoms with van der Waals surface area (Å²) in [6.45, 7) is 2.69. The average Bonchev–Trinajstić information content (AvgIpc) is 3.28. The maximum atomic E-state index is 13.6. The Bertz CT molecular complexity index is 1110. The van der Waals surface area contributed by atoms with Gasteiger partial charge in [0.05, 0.1) is 17.5 Å². The first-order valence-electron chi connectivity index (χ1n) is 11.2. The molecule has 6 heteroatoms. The molecule has 2 aliphatic rings. The number of hydrogen-bond acceptors (Lipinski definition) is 3. The number of nitrogens with zero attached hydrogens (tertiary/aromatic N) is 3. The van der Waals surface area contributed by atoms with Gasteiger partial charge >= 0.3 is 0 Å². The number of amides is 2. The van der Waals surface area contributed by atoms with Gasteiger partial charge in [-0.3, -0.25) is 19.1 Å². The molecule has 1 fully saturated rings. The molecule has 3 aromatic rings. The predicted octanol–water partition coefficient (Wildman–Crippen LogP) is 4.21. The molecule has 0 saturated heterocycles. The molecular weight excluding hydrogens is 388 g/mol. The van der Waals surface area contributed by atoms with Gasteiger partial charge in [-0.1, -0.05) is 62.2 Å². The lowest BCUT2D eigenvalue weighted by atomic mass is 9.85. The van der Waals surface area contributed by atoms with E-state index in [0.717, 1.165) is 35.9 Å². The summed E-state index contributed by atoms with van der Waals surface area (Å²) in [5.41, 5.74) is 2.82. The lowest BCUT2D eigenvalue weighted by Gasteiger charge is -2.35. The van der Waals surface area contributed by atoms with E-state index >= 15 is 0 Å². The largest absolute Gasteiger partial charge is 0.352 e. The van der Waals surface area contributed by atoms with Gasteiger partial charge in [-0.05, 0) is 36.5 Å². The molecule has 1 N–H and O–H groups in total. The van der Waals surface area contributed by atoms with Crippen molar-refractivity contribution >= 4 is 28.8 Å². The van der Waals surface area contributed by atoms with Crippen LogP contribution in [-0.2, 0) is 16.1 Å². The zero-order valence-electron chi connectivity index (χ0n) is 17.8. The van der Waals surface area contributed by atoms with Crippen molar-refractivity contribution in [2.75, 3.05) is 4.90 Å². The highest BCUT2D eigenvalue weighted by molar-refractivity contribution is 6.04. The van der Waals surface area contributed by atoms with Crippen LogP contribution < -0.4 is 10.2 Å². The van der Waals surface area contributed by atoms with Gasteiger partial charge in [-0.25, -0.2) is 4.98 Å². The molecule has 0 bridgehead atoms. The fraction of sp³-hybridized carbons (Fsp3) is 0.400. The zero-order chi connectivity index (χ0) is 21.4. The van der Waals surface area contributed by atoms with Crippen LogP contribution in [0.3, 0.4) is 0 Å². The van der Waals surface area contributed by atoms with Crippen molar-refractivity contribution in [1.82, 2.24) is 14.9 Å². The van der Waals surface area contributed by atoms with Crippen LogP contribution in [0.25, 0.3) is 11.0 Å². The number of nitrogens with one attached hydrogen (secondary N) is 1. The van der Waals surface area contributed by atoms with Crippen LogP contribution in [-0.4, -0.2) is 27.4 Å². The number of aromatic nitrogens is 2. The van der Waals surface area contributed by atoms with E-state index in [-0.39, 0.29) is 24.3 Å². The molecule has 31 heavy (non-hydrogen) atoms. The Kier molecular flexibility index (Phi) is 5.22. The lowest BCUT2D eigenvalue weighted by Crippen LogP contribution is -2.45. The van der Waals surface area contributed by atoms with E-state index < -0.39 is 6.04 Å². The van der Waals surface area contributed by atoms with Crippen LogP contribution in [0.15, 0.2) is 54.6 Å². The summed E-state index contributed by atoms with van der Waals surface area (Å²) in [6, 6.07) is 17.3. The summed E-state index contributed by atoms with van der Waals surface area (Å²) in [5, 5.41) is 2.98. The van der Waals surface area contributed by atoms with Crippen molar-refractivity contribution in [3.05, 3.63) is 60.2 Å². The molecule has 0 spiro atoms. The van der Waals surface area contributed by atoms with E-state index in [4.69, 9.17) is 4.98 Å². The predicted molar refractivity (Wildman–Crippen MR) is 121 cm³/mol. The second-order valence-corrected chi connectivity index (χ2v) is 8.79. The Morgan fingerprint density at radius 2 is 1.81 bits per heavy atom. The highest BCUT2D eigenvalue weighted by Gasteiger charge is 2.45. The standard InChI is InChI=1S/C25H28N4O2/c1-17-9-5-7-13-20(17)29-24(31)22(15-23(30)26-16-18-10-3-2-4-11-18)28-21-14-8-6-12-19(21)27-25(28)29/h2-4,6,8,10-12,14,17,20,22H,5,7,9,13,15-16H2,1H3,(H,26,30)/t17-,20-,22-/m1/s1. The van der Waals surface area contributed by atoms with Crippen molar-refractivity contribution in [3.63, 3.8) is 0 Å². The molecule has 2 aromatic carbocycles. The van der Waals surface area contributed by atoms with Gasteiger partial charge in [-0.2, -0.15) is 0 Å². The zero-order valence-corrected chi connectivity index (χ0v) is 17.8. The number of carbonyl (C=O) groups is 2. The molecule has 0 unspecified atom stereocenters. The second kappa shape index (κ2) is 8.17. The van der Waals surface area contributed by atoms with Crippen LogP contribution in [0.5, 0.6) is 0 Å². The van der Waals surface area contributed by atoms with Gasteiger partial charge in [-0.15, -0.1) is 0 Å². The number of anilines is 1. The molecule has 2 heterocycles. The van der Waals surface area contributed by atoms with Gasteiger partial charge < -0.3 is 5.32 Å². The van der Waals surface area contributed by atoms with Crippen LogP contribution in [0, 0.1) is 5.92 Å². The van der Waals surface area contributed by atoms with Gasteiger partial charge in [0.1, 0.15) is 6.04 Å². The van der Waals surface area contributed by atoms with Crippen LogP contribution in [0.2, 0.25) is 0 Å². The summed E-state index contributed by atoms with van der Waals surface area (Å²) >= 11 is 0. The normalized spacial score (nSPS) is 23.2. The van der Waals surface area contributed by atoms with E-state index in [1.165, 1.54) is 6.42 Å². The van der Waals surface area contributed by atoms with Gasteiger partial charge in [0.15, 0.2) is 0 Å². The summed E-state index contributed by atoms with van der Waals surface area (Å²) in [4.78, 5) is 33.1. The topological polar surface area (TPSA) is 67.2 Å². The summed E-state index contributed by atoms with van der Waals surface area (Å²) in [7, 11) is 0. The molecule has 3 atom stereocenters. The smallest absolute Gasteiger partial charge is 0.253 e. The molecule has 1 saturated carbocycles. The quantitative estimate of drug-likeness (QED) is 0.678. The van der Waals surface area contributed by atoms with Crippen molar-refractivity contribution < 1.29 is 9.59 Å². The first-order valence-corrected chi connectivity index (χ1v) is 11.2. The number of hydrogen-bond donors (Lipinski definition) is 1. The summed E-state index contributed by atoms with van der Waals surface area (Å²) < 4.78 is 1.99. The minimum Gasteiger partial charge on any atom is -0.352 e. The molecule has 1 aliphatic heterocycles. The molecule has 1 aromatic heterocycles. The SMILES string of the molecule is C[C@@H]1CCCC[C@H]1N1C(=O)[C@@H](CC(=O)NCc2ccccc2)n2c1nc1ccccc12. The van der Waals surface area contributed by atoms with Crippen molar-refractivity contribution in [3.8, 4) is 0 Å². The van der Waals surface area contributed by atoms with E-state index in [1.54, 1.807) is 0 Å². The Labute approximate surface area is 182 Å². The van der Waals surface area contributed by atoms with Crippen molar-refractivity contribution in [2.45, 2.75) is 57.7 Å². The monoisotopic (exact) mass is 416 g/mol. The number of benzene rings is 2. The molecule has 1 aliphatic carbocycles. The third-order valence-electron chi connectivity index (χ3n) is 6.74.